The Hall–Kier alpha value is -2.83. The molecule has 0 amide bonds. The van der Waals surface area contributed by atoms with E-state index in [0.717, 1.165) is 10.6 Å². The van der Waals surface area contributed by atoms with Crippen molar-refractivity contribution in [2.24, 2.45) is 0 Å². The van der Waals surface area contributed by atoms with Gasteiger partial charge in [0.1, 0.15) is 0 Å². The van der Waals surface area contributed by atoms with Crippen molar-refractivity contribution in [3.8, 4) is 0 Å². The van der Waals surface area contributed by atoms with Crippen LogP contribution in [0.1, 0.15) is 20.7 Å². The number of carbonyl (C=O) groups excluding carboxylic acids is 2. The highest BCUT2D eigenvalue weighted by Gasteiger charge is 2.31. The molecule has 3 aromatic carbocycles. The van der Waals surface area contributed by atoms with Crippen LogP contribution in [-0.2, 0) is 0 Å². The van der Waals surface area contributed by atoms with Crippen molar-refractivity contribution in [2.45, 2.75) is 0 Å². The van der Waals surface area contributed by atoms with Gasteiger partial charge in [0.2, 0.25) is 0 Å². The standard InChI is InChI=1S/C22H15O2P/c23-20-15-21(22(24)19-14-8-7-13-18(19)20)25(16-9-3-1-4-10-16)17-11-5-2-6-12-17/h1-15H. The Morgan fingerprint density at radius 2 is 1.04 bits per heavy atom. The van der Waals surface area contributed by atoms with Gasteiger partial charge in [0.05, 0.1) is 0 Å². The summed E-state index contributed by atoms with van der Waals surface area (Å²) in [6, 6.07) is 27.0. The van der Waals surface area contributed by atoms with Crippen molar-refractivity contribution in [3.63, 3.8) is 0 Å². The van der Waals surface area contributed by atoms with Crippen LogP contribution in [0.2, 0.25) is 0 Å². The second kappa shape index (κ2) is 6.58. The molecule has 1 aliphatic carbocycles. The van der Waals surface area contributed by atoms with Crippen LogP contribution >= 0.6 is 7.92 Å². The summed E-state index contributed by atoms with van der Waals surface area (Å²) < 4.78 is 0. The predicted molar refractivity (Wildman–Crippen MR) is 102 cm³/mol. The molecule has 0 spiro atoms. The van der Waals surface area contributed by atoms with Crippen molar-refractivity contribution in [3.05, 3.63) is 107 Å². The maximum atomic E-state index is 13.1. The lowest BCUT2D eigenvalue weighted by Crippen LogP contribution is -2.22. The fraction of sp³-hybridized carbons (Fsp3) is 0. The lowest BCUT2D eigenvalue weighted by Gasteiger charge is -2.24. The van der Waals surface area contributed by atoms with Gasteiger partial charge in [0.15, 0.2) is 11.6 Å². The number of benzene rings is 3. The van der Waals surface area contributed by atoms with Gasteiger partial charge < -0.3 is 0 Å². The Labute approximate surface area is 147 Å². The first-order chi connectivity index (χ1) is 12.3. The smallest absolute Gasteiger partial charge is 0.195 e. The minimum absolute atomic E-state index is 0.0472. The summed E-state index contributed by atoms with van der Waals surface area (Å²) in [7, 11) is -1.07. The van der Waals surface area contributed by atoms with E-state index in [-0.39, 0.29) is 11.6 Å². The average Bonchev–Trinajstić information content (AvgIpc) is 2.68. The van der Waals surface area contributed by atoms with E-state index in [0.29, 0.717) is 16.4 Å². The summed E-state index contributed by atoms with van der Waals surface area (Å²) in [4.78, 5) is 25.7. The topological polar surface area (TPSA) is 34.1 Å². The third-order valence-corrected chi connectivity index (χ3v) is 6.65. The molecule has 0 atom stereocenters. The Balaban J connectivity index is 1.89. The van der Waals surface area contributed by atoms with Crippen molar-refractivity contribution in [2.75, 3.05) is 0 Å². The maximum absolute atomic E-state index is 13.1. The van der Waals surface area contributed by atoms with Gasteiger partial charge >= 0.3 is 0 Å². The normalized spacial score (nSPS) is 13.6. The maximum Gasteiger partial charge on any atom is 0.195 e. The van der Waals surface area contributed by atoms with E-state index in [4.69, 9.17) is 0 Å². The summed E-state index contributed by atoms with van der Waals surface area (Å²) in [5.74, 6) is -0.140. The average molecular weight is 342 g/mol. The predicted octanol–water partition coefficient (Wildman–Crippen LogP) is 4.08. The third kappa shape index (κ3) is 2.86. The summed E-state index contributed by atoms with van der Waals surface area (Å²) >= 11 is 0. The van der Waals surface area contributed by atoms with Crippen LogP contribution in [0, 0.1) is 0 Å². The molecule has 0 saturated heterocycles. The van der Waals surface area contributed by atoms with Crippen molar-refractivity contribution in [1.29, 1.82) is 0 Å². The molecule has 3 aromatic rings. The third-order valence-electron chi connectivity index (χ3n) is 4.21. The summed E-state index contributed by atoms with van der Waals surface area (Å²) in [6.07, 6.45) is 1.54. The number of hydrogen-bond acceptors (Lipinski definition) is 2. The molecule has 4 rings (SSSR count). The Bertz CT molecular complexity index is 936. The first-order valence-corrected chi connectivity index (χ1v) is 9.40. The lowest BCUT2D eigenvalue weighted by molar-refractivity contribution is 0.0991. The molecule has 0 aliphatic heterocycles. The van der Waals surface area contributed by atoms with Gasteiger partial charge in [-0.25, -0.2) is 0 Å². The molecule has 0 N–H and O–H groups in total. The van der Waals surface area contributed by atoms with Crippen LogP contribution in [0.15, 0.2) is 96.3 Å². The minimum atomic E-state index is -1.07. The van der Waals surface area contributed by atoms with Gasteiger partial charge in [-0.2, -0.15) is 0 Å². The number of allylic oxidation sites excluding steroid dienone is 2. The number of hydrogen-bond donors (Lipinski definition) is 0. The summed E-state index contributed by atoms with van der Waals surface area (Å²) in [5, 5.41) is 2.72. The highest BCUT2D eigenvalue weighted by atomic mass is 31.1. The van der Waals surface area contributed by atoms with Gasteiger partial charge in [-0.15, -0.1) is 0 Å². The number of carbonyl (C=O) groups is 2. The molecule has 0 bridgehead atoms. The van der Waals surface area contributed by atoms with Crippen LogP contribution in [0.4, 0.5) is 0 Å². The van der Waals surface area contributed by atoms with Gasteiger partial charge in [0, 0.05) is 16.4 Å². The molecular formula is C22H15O2P. The minimum Gasteiger partial charge on any atom is -0.289 e. The zero-order chi connectivity index (χ0) is 17.2. The van der Waals surface area contributed by atoms with Crippen LogP contribution in [-0.4, -0.2) is 11.6 Å². The monoisotopic (exact) mass is 342 g/mol. The van der Waals surface area contributed by atoms with E-state index < -0.39 is 7.92 Å². The van der Waals surface area contributed by atoms with Crippen LogP contribution in [0.3, 0.4) is 0 Å². The van der Waals surface area contributed by atoms with Crippen molar-refractivity contribution < 1.29 is 9.59 Å². The van der Waals surface area contributed by atoms with Crippen LogP contribution in [0.25, 0.3) is 0 Å². The molecule has 0 unspecified atom stereocenters. The molecule has 0 fully saturated rings. The fourth-order valence-electron chi connectivity index (χ4n) is 3.05. The molecule has 0 radical (unpaired) electrons. The SMILES string of the molecule is O=C1C=C(P(c2ccccc2)c2ccccc2)C(=O)c2ccccc21. The summed E-state index contributed by atoms with van der Waals surface area (Å²) in [5.41, 5.74) is 0.997. The molecule has 3 heteroatoms. The Kier molecular flexibility index (Phi) is 4.13. The number of ketones is 2. The molecule has 0 aromatic heterocycles. The van der Waals surface area contributed by atoms with Gasteiger partial charge in [0.25, 0.3) is 0 Å². The molecule has 2 nitrogen and oxygen atoms in total. The van der Waals surface area contributed by atoms with Crippen molar-refractivity contribution >= 4 is 30.1 Å². The van der Waals surface area contributed by atoms with E-state index >= 15 is 0 Å². The lowest BCUT2D eigenvalue weighted by atomic mass is 9.95. The van der Waals surface area contributed by atoms with E-state index in [1.54, 1.807) is 24.3 Å². The summed E-state index contributed by atoms with van der Waals surface area (Å²) in [6.45, 7) is 0. The Morgan fingerprint density at radius 3 is 1.60 bits per heavy atom. The zero-order valence-corrected chi connectivity index (χ0v) is 14.3. The quantitative estimate of drug-likeness (QED) is 0.672. The molecule has 120 valence electrons. The number of Topliss-reactive ketones (excluding diaryl/α,β-unsaturated/α-hetero) is 1. The van der Waals surface area contributed by atoms with Gasteiger partial charge in [-0.05, 0) is 24.6 Å². The van der Waals surface area contributed by atoms with Crippen molar-refractivity contribution in [1.82, 2.24) is 0 Å². The fourth-order valence-corrected chi connectivity index (χ4v) is 5.41. The largest absolute Gasteiger partial charge is 0.289 e. The van der Waals surface area contributed by atoms with Gasteiger partial charge in [-0.1, -0.05) is 84.9 Å². The second-order valence-electron chi connectivity index (χ2n) is 5.78. The molecule has 0 saturated carbocycles. The zero-order valence-electron chi connectivity index (χ0n) is 13.4. The first kappa shape index (κ1) is 15.7. The Morgan fingerprint density at radius 1 is 0.560 bits per heavy atom. The van der Waals surface area contributed by atoms with E-state index in [9.17, 15) is 9.59 Å². The molecule has 1 aliphatic rings. The number of rotatable bonds is 3. The van der Waals surface area contributed by atoms with E-state index in [1.165, 1.54) is 6.08 Å². The van der Waals surface area contributed by atoms with E-state index in [1.807, 2.05) is 60.7 Å². The molecule has 25 heavy (non-hydrogen) atoms. The second-order valence-corrected chi connectivity index (χ2v) is 7.96. The van der Waals surface area contributed by atoms with E-state index in [2.05, 4.69) is 0 Å². The number of fused-ring (bicyclic) bond motifs is 1. The molecular weight excluding hydrogens is 327 g/mol. The highest BCUT2D eigenvalue weighted by Crippen LogP contribution is 2.46. The van der Waals surface area contributed by atoms with Crippen LogP contribution < -0.4 is 10.6 Å². The highest BCUT2D eigenvalue weighted by molar-refractivity contribution is 7.78. The molecule has 0 heterocycles. The van der Waals surface area contributed by atoms with Crippen LogP contribution in [0.5, 0.6) is 0 Å². The first-order valence-electron chi connectivity index (χ1n) is 8.06. The van der Waals surface area contributed by atoms with Gasteiger partial charge in [-0.3, -0.25) is 9.59 Å².